The van der Waals surface area contributed by atoms with E-state index in [9.17, 15) is 17.2 Å². The lowest BCUT2D eigenvalue weighted by Gasteiger charge is -2.12. The molecule has 2 rings (SSSR count). The van der Waals surface area contributed by atoms with Crippen molar-refractivity contribution in [1.29, 1.82) is 0 Å². The predicted molar refractivity (Wildman–Crippen MR) is 80.9 cm³/mol. The van der Waals surface area contributed by atoms with E-state index >= 15 is 0 Å². The molecule has 0 saturated heterocycles. The number of nitrogens with one attached hydrogen (secondary N) is 2. The van der Waals surface area contributed by atoms with E-state index < -0.39 is 21.7 Å². The molecule has 0 aromatic heterocycles. The predicted octanol–water partition coefficient (Wildman–Crippen LogP) is 3.57. The molecule has 2 aromatic rings. The number of rotatable bonds is 4. The van der Waals surface area contributed by atoms with Crippen molar-refractivity contribution in [2.75, 3.05) is 17.1 Å². The molecule has 0 heterocycles. The molecule has 4 nitrogen and oxygen atoms in total. The van der Waals surface area contributed by atoms with Crippen LogP contribution in [-0.4, -0.2) is 15.5 Å². The molecule has 0 aliphatic carbocycles. The maximum atomic E-state index is 13.7. The van der Waals surface area contributed by atoms with Crippen LogP contribution in [-0.2, 0) is 10.0 Å². The van der Waals surface area contributed by atoms with Gasteiger partial charge in [0.2, 0.25) is 0 Å². The number of sulfonamides is 1. The van der Waals surface area contributed by atoms with Gasteiger partial charge in [-0.05, 0) is 34.1 Å². The second-order valence-corrected chi connectivity index (χ2v) is 6.60. The van der Waals surface area contributed by atoms with Crippen molar-refractivity contribution >= 4 is 37.3 Å². The number of hydrogen-bond acceptors (Lipinski definition) is 3. The molecule has 0 spiro atoms. The minimum atomic E-state index is -4.00. The Balaban J connectivity index is 2.45. The van der Waals surface area contributed by atoms with Crippen LogP contribution in [0.2, 0.25) is 0 Å². The highest BCUT2D eigenvalue weighted by Crippen LogP contribution is 2.27. The molecule has 0 radical (unpaired) electrons. The molecule has 0 fully saturated rings. The lowest BCUT2D eigenvalue weighted by molar-refractivity contribution is 0.579. The maximum Gasteiger partial charge on any atom is 0.264 e. The molecule has 0 aliphatic heterocycles. The zero-order chi connectivity index (χ0) is 15.6. The Kier molecular flexibility index (Phi) is 4.48. The van der Waals surface area contributed by atoms with Gasteiger partial charge in [-0.15, -0.1) is 0 Å². The number of para-hydroxylation sites is 1. The van der Waals surface area contributed by atoms with Gasteiger partial charge in [0, 0.05) is 13.1 Å². The lowest BCUT2D eigenvalue weighted by Crippen LogP contribution is -2.15. The molecule has 2 aromatic carbocycles. The van der Waals surface area contributed by atoms with E-state index in [0.29, 0.717) is 11.8 Å². The number of hydrogen-bond donors (Lipinski definition) is 2. The Morgan fingerprint density at radius 3 is 2.38 bits per heavy atom. The Morgan fingerprint density at radius 1 is 1.05 bits per heavy atom. The van der Waals surface area contributed by atoms with Gasteiger partial charge in [0.1, 0.15) is 16.5 Å². The monoisotopic (exact) mass is 376 g/mol. The summed E-state index contributed by atoms with van der Waals surface area (Å²) in [5.74, 6) is -1.81. The van der Waals surface area contributed by atoms with Crippen LogP contribution in [0.3, 0.4) is 0 Å². The summed E-state index contributed by atoms with van der Waals surface area (Å²) in [5, 5.41) is 2.74. The summed E-state index contributed by atoms with van der Waals surface area (Å²) in [6.07, 6.45) is 0. The molecule has 21 heavy (non-hydrogen) atoms. The van der Waals surface area contributed by atoms with E-state index in [1.54, 1.807) is 25.2 Å². The van der Waals surface area contributed by atoms with Gasteiger partial charge in [-0.1, -0.05) is 12.1 Å². The molecule has 0 atom stereocenters. The van der Waals surface area contributed by atoms with Crippen LogP contribution in [0.15, 0.2) is 45.8 Å². The van der Waals surface area contributed by atoms with Crippen molar-refractivity contribution < 1.29 is 17.2 Å². The van der Waals surface area contributed by atoms with Crippen LogP contribution in [0.25, 0.3) is 0 Å². The third-order valence-corrected chi connectivity index (χ3v) is 4.73. The highest BCUT2D eigenvalue weighted by atomic mass is 79.9. The van der Waals surface area contributed by atoms with E-state index in [1.807, 2.05) is 0 Å². The molecule has 0 unspecified atom stereocenters. The van der Waals surface area contributed by atoms with Crippen LogP contribution in [0, 0.1) is 11.6 Å². The van der Waals surface area contributed by atoms with Crippen LogP contribution in [0.5, 0.6) is 0 Å². The molecule has 0 saturated carbocycles. The highest BCUT2D eigenvalue weighted by molar-refractivity contribution is 9.10. The normalized spacial score (nSPS) is 11.2. The second-order valence-electron chi connectivity index (χ2n) is 4.10. The fraction of sp³-hybridized carbons (Fsp3) is 0.0769. The molecule has 8 heteroatoms. The number of benzene rings is 2. The Hall–Kier alpha value is -1.67. The second kappa shape index (κ2) is 5.98. The SMILES string of the molecule is CNc1ccccc1S(=O)(=O)Nc1cc(Br)c(F)cc1F. The summed E-state index contributed by atoms with van der Waals surface area (Å²) in [5.41, 5.74) is 0.0285. The summed E-state index contributed by atoms with van der Waals surface area (Å²) in [6.45, 7) is 0. The van der Waals surface area contributed by atoms with Gasteiger partial charge in [-0.25, -0.2) is 17.2 Å². The van der Waals surface area contributed by atoms with Gasteiger partial charge in [0.05, 0.1) is 15.8 Å². The standard InChI is InChI=1S/C13H11BrF2N2O2S/c1-17-11-4-2-3-5-13(11)21(19,20)18-12-6-8(14)9(15)7-10(12)16/h2-7,17-18H,1H3. The molecule has 112 valence electrons. The topological polar surface area (TPSA) is 58.2 Å². The summed E-state index contributed by atoms with van der Waals surface area (Å²) >= 11 is 2.88. The summed E-state index contributed by atoms with van der Waals surface area (Å²) in [4.78, 5) is -0.0349. The van der Waals surface area contributed by atoms with Crippen molar-refractivity contribution in [2.24, 2.45) is 0 Å². The third-order valence-electron chi connectivity index (χ3n) is 2.70. The first-order chi connectivity index (χ1) is 9.85. The van der Waals surface area contributed by atoms with Crippen molar-refractivity contribution in [3.05, 3.63) is 52.5 Å². The Bertz CT molecular complexity index is 782. The van der Waals surface area contributed by atoms with Crippen molar-refractivity contribution in [1.82, 2.24) is 0 Å². The zero-order valence-corrected chi connectivity index (χ0v) is 13.2. The fourth-order valence-electron chi connectivity index (χ4n) is 1.71. The molecular formula is C13H11BrF2N2O2S. The average molecular weight is 377 g/mol. The van der Waals surface area contributed by atoms with Crippen LogP contribution in [0.1, 0.15) is 0 Å². The van der Waals surface area contributed by atoms with Gasteiger partial charge >= 0.3 is 0 Å². The third kappa shape index (κ3) is 3.33. The van der Waals surface area contributed by atoms with Gasteiger partial charge in [0.15, 0.2) is 0 Å². The van der Waals surface area contributed by atoms with Crippen LogP contribution < -0.4 is 10.0 Å². The van der Waals surface area contributed by atoms with Crippen LogP contribution in [0.4, 0.5) is 20.2 Å². The Morgan fingerprint density at radius 2 is 1.71 bits per heavy atom. The van der Waals surface area contributed by atoms with Crippen molar-refractivity contribution in [3.63, 3.8) is 0 Å². The molecule has 0 amide bonds. The smallest absolute Gasteiger partial charge is 0.264 e. The summed E-state index contributed by atoms with van der Waals surface area (Å²) in [6, 6.07) is 7.80. The quantitative estimate of drug-likeness (QED) is 0.801. The first-order valence-corrected chi connectivity index (χ1v) is 8.07. The first kappa shape index (κ1) is 15.7. The molecule has 0 aliphatic rings. The largest absolute Gasteiger partial charge is 0.387 e. The average Bonchev–Trinajstić information content (AvgIpc) is 2.44. The van der Waals surface area contributed by atoms with Gasteiger partial charge in [-0.2, -0.15) is 0 Å². The van der Waals surface area contributed by atoms with E-state index in [1.165, 1.54) is 6.07 Å². The minimum Gasteiger partial charge on any atom is -0.387 e. The van der Waals surface area contributed by atoms with E-state index in [2.05, 4.69) is 26.0 Å². The summed E-state index contributed by atoms with van der Waals surface area (Å²) < 4.78 is 53.5. The van der Waals surface area contributed by atoms with E-state index in [-0.39, 0.29) is 15.1 Å². The number of halogens is 3. The minimum absolute atomic E-state index is 0.0349. The van der Waals surface area contributed by atoms with Crippen molar-refractivity contribution in [2.45, 2.75) is 4.90 Å². The first-order valence-electron chi connectivity index (χ1n) is 5.79. The van der Waals surface area contributed by atoms with Gasteiger partial charge in [-0.3, -0.25) is 4.72 Å². The van der Waals surface area contributed by atoms with Crippen LogP contribution >= 0.6 is 15.9 Å². The maximum absolute atomic E-state index is 13.7. The van der Waals surface area contributed by atoms with Gasteiger partial charge in [0.25, 0.3) is 10.0 Å². The molecule has 0 bridgehead atoms. The lowest BCUT2D eigenvalue weighted by atomic mass is 10.3. The van der Waals surface area contributed by atoms with E-state index in [0.717, 1.165) is 6.07 Å². The zero-order valence-electron chi connectivity index (χ0n) is 10.8. The number of anilines is 2. The highest BCUT2D eigenvalue weighted by Gasteiger charge is 2.20. The van der Waals surface area contributed by atoms with Gasteiger partial charge < -0.3 is 5.32 Å². The Labute approximate surface area is 129 Å². The molecular weight excluding hydrogens is 366 g/mol. The molecule has 2 N–H and O–H groups in total. The van der Waals surface area contributed by atoms with Crippen molar-refractivity contribution in [3.8, 4) is 0 Å². The van der Waals surface area contributed by atoms with E-state index in [4.69, 9.17) is 0 Å². The fourth-order valence-corrected chi connectivity index (χ4v) is 3.32. The summed E-state index contributed by atoms with van der Waals surface area (Å²) in [7, 11) is -2.43.